The molecule has 1 unspecified atom stereocenters. The lowest BCUT2D eigenvalue weighted by molar-refractivity contribution is -0.132. The standard InChI is InChI=1S/C27H24FNO4/c1-15-7-5-6-8-21(15)29-24(18-9-11-19(28)12-10-18)23(26(31)27(29)32)25(30)20-13-17(3)22(33-4)14-16(20)2/h5-14,24,30H,1-4H3/b25-23+. The van der Waals surface area contributed by atoms with Gasteiger partial charge in [0.05, 0.1) is 18.7 Å². The third kappa shape index (κ3) is 3.78. The van der Waals surface area contributed by atoms with Crippen molar-refractivity contribution in [2.24, 2.45) is 0 Å². The Morgan fingerprint density at radius 3 is 2.24 bits per heavy atom. The van der Waals surface area contributed by atoms with E-state index in [1.807, 2.05) is 26.0 Å². The summed E-state index contributed by atoms with van der Waals surface area (Å²) in [6, 6.07) is 15.4. The molecule has 0 radical (unpaired) electrons. The fourth-order valence-corrected chi connectivity index (χ4v) is 4.29. The van der Waals surface area contributed by atoms with Crippen molar-refractivity contribution in [1.29, 1.82) is 0 Å². The number of nitrogens with zero attached hydrogens (tertiary/aromatic N) is 1. The van der Waals surface area contributed by atoms with E-state index in [4.69, 9.17) is 4.74 Å². The van der Waals surface area contributed by atoms with Gasteiger partial charge in [-0.25, -0.2) is 4.39 Å². The maximum absolute atomic E-state index is 13.7. The summed E-state index contributed by atoms with van der Waals surface area (Å²) in [5.74, 6) is -1.60. The normalized spacial score (nSPS) is 17.5. The highest BCUT2D eigenvalue weighted by molar-refractivity contribution is 6.51. The van der Waals surface area contributed by atoms with Gasteiger partial charge in [-0.15, -0.1) is 0 Å². The van der Waals surface area contributed by atoms with Crippen LogP contribution in [0.15, 0.2) is 66.2 Å². The van der Waals surface area contributed by atoms with Crippen molar-refractivity contribution >= 4 is 23.1 Å². The van der Waals surface area contributed by atoms with Crippen LogP contribution in [0, 0.1) is 26.6 Å². The minimum Gasteiger partial charge on any atom is -0.507 e. The number of aliphatic hydroxyl groups excluding tert-OH is 1. The lowest BCUT2D eigenvalue weighted by Crippen LogP contribution is -2.30. The van der Waals surface area contributed by atoms with Crippen LogP contribution in [-0.2, 0) is 9.59 Å². The van der Waals surface area contributed by atoms with E-state index in [-0.39, 0.29) is 11.3 Å². The minimum absolute atomic E-state index is 0.0393. The van der Waals surface area contributed by atoms with Gasteiger partial charge >= 0.3 is 0 Å². The molecule has 0 spiro atoms. The molecule has 1 heterocycles. The van der Waals surface area contributed by atoms with Gasteiger partial charge in [-0.05, 0) is 73.4 Å². The molecule has 1 fully saturated rings. The number of ketones is 1. The first-order valence-electron chi connectivity index (χ1n) is 10.5. The number of hydrogen-bond acceptors (Lipinski definition) is 4. The first kappa shape index (κ1) is 22.3. The van der Waals surface area contributed by atoms with E-state index in [1.54, 1.807) is 38.3 Å². The molecule has 4 rings (SSSR count). The molecule has 0 saturated carbocycles. The van der Waals surface area contributed by atoms with E-state index >= 15 is 0 Å². The summed E-state index contributed by atoms with van der Waals surface area (Å²) in [5, 5.41) is 11.4. The topological polar surface area (TPSA) is 66.8 Å². The number of rotatable bonds is 4. The van der Waals surface area contributed by atoms with E-state index in [2.05, 4.69) is 0 Å². The minimum atomic E-state index is -0.909. The van der Waals surface area contributed by atoms with E-state index in [9.17, 15) is 19.1 Å². The molecule has 5 nitrogen and oxygen atoms in total. The number of hydrogen-bond donors (Lipinski definition) is 1. The molecule has 33 heavy (non-hydrogen) atoms. The van der Waals surface area contributed by atoms with Gasteiger partial charge in [0, 0.05) is 11.3 Å². The Morgan fingerprint density at radius 2 is 1.61 bits per heavy atom. The number of carbonyl (C=O) groups excluding carboxylic acids is 2. The van der Waals surface area contributed by atoms with Crippen molar-refractivity contribution < 1.29 is 23.8 Å². The Bertz CT molecular complexity index is 1290. The molecule has 0 bridgehead atoms. The van der Waals surface area contributed by atoms with Gasteiger partial charge in [0.2, 0.25) is 0 Å². The van der Waals surface area contributed by atoms with E-state index in [0.717, 1.165) is 11.1 Å². The number of aliphatic hydroxyl groups is 1. The molecule has 0 aliphatic carbocycles. The molecule has 168 valence electrons. The highest BCUT2D eigenvalue weighted by atomic mass is 19.1. The van der Waals surface area contributed by atoms with E-state index in [0.29, 0.717) is 28.1 Å². The van der Waals surface area contributed by atoms with Crippen LogP contribution in [0.4, 0.5) is 10.1 Å². The van der Waals surface area contributed by atoms with Gasteiger partial charge in [-0.3, -0.25) is 14.5 Å². The van der Waals surface area contributed by atoms with Crippen molar-refractivity contribution in [2.75, 3.05) is 12.0 Å². The highest BCUT2D eigenvalue weighted by Gasteiger charge is 2.47. The Kier molecular flexibility index (Phi) is 5.77. The van der Waals surface area contributed by atoms with Crippen LogP contribution >= 0.6 is 0 Å². The number of halogens is 1. The van der Waals surface area contributed by atoms with Crippen molar-refractivity contribution in [2.45, 2.75) is 26.8 Å². The van der Waals surface area contributed by atoms with Crippen LogP contribution < -0.4 is 9.64 Å². The first-order chi connectivity index (χ1) is 15.7. The molecule has 1 aliphatic heterocycles. The molecule has 1 amide bonds. The quantitative estimate of drug-likeness (QED) is 0.332. The number of methoxy groups -OCH3 is 1. The fourth-order valence-electron chi connectivity index (χ4n) is 4.29. The average Bonchev–Trinajstić information content (AvgIpc) is 3.06. The molecular formula is C27H24FNO4. The summed E-state index contributed by atoms with van der Waals surface area (Å²) in [7, 11) is 1.56. The predicted octanol–water partition coefficient (Wildman–Crippen LogP) is 5.39. The number of carbonyl (C=O) groups is 2. The average molecular weight is 445 g/mol. The largest absolute Gasteiger partial charge is 0.507 e. The maximum atomic E-state index is 13.7. The van der Waals surface area contributed by atoms with Crippen LogP contribution in [0.5, 0.6) is 5.75 Å². The van der Waals surface area contributed by atoms with Crippen molar-refractivity contribution in [1.82, 2.24) is 0 Å². The lowest BCUT2D eigenvalue weighted by atomic mass is 9.93. The number of ether oxygens (including phenoxy) is 1. The number of para-hydroxylation sites is 1. The second-order valence-electron chi connectivity index (χ2n) is 8.14. The van der Waals surface area contributed by atoms with Crippen LogP contribution in [0.3, 0.4) is 0 Å². The molecule has 3 aromatic rings. The summed E-state index contributed by atoms with van der Waals surface area (Å²) < 4.78 is 19.0. The second kappa shape index (κ2) is 8.54. The Morgan fingerprint density at radius 1 is 0.939 bits per heavy atom. The van der Waals surface area contributed by atoms with E-state index in [1.165, 1.54) is 29.2 Å². The Balaban J connectivity index is 1.99. The lowest BCUT2D eigenvalue weighted by Gasteiger charge is -2.27. The Hall–Kier alpha value is -3.93. The zero-order valence-electron chi connectivity index (χ0n) is 18.8. The summed E-state index contributed by atoms with van der Waals surface area (Å²) in [6.07, 6.45) is 0. The molecule has 1 atom stereocenters. The van der Waals surface area contributed by atoms with Crippen LogP contribution in [0.1, 0.15) is 33.9 Å². The molecule has 0 aromatic heterocycles. The summed E-state index contributed by atoms with van der Waals surface area (Å²) in [6.45, 7) is 5.47. The molecule has 3 aromatic carbocycles. The van der Waals surface area contributed by atoms with Gasteiger partial charge in [-0.1, -0.05) is 30.3 Å². The summed E-state index contributed by atoms with van der Waals surface area (Å²) >= 11 is 0. The first-order valence-corrected chi connectivity index (χ1v) is 10.5. The molecule has 1 saturated heterocycles. The third-order valence-electron chi connectivity index (χ3n) is 6.00. The van der Waals surface area contributed by atoms with Crippen LogP contribution in [0.25, 0.3) is 5.76 Å². The zero-order chi connectivity index (χ0) is 23.9. The van der Waals surface area contributed by atoms with Gasteiger partial charge in [0.25, 0.3) is 11.7 Å². The predicted molar refractivity (Wildman–Crippen MR) is 125 cm³/mol. The van der Waals surface area contributed by atoms with Crippen molar-refractivity contribution in [3.8, 4) is 5.75 Å². The number of anilines is 1. The summed E-state index contributed by atoms with van der Waals surface area (Å²) in [5.41, 5.74) is 3.72. The zero-order valence-corrected chi connectivity index (χ0v) is 18.8. The van der Waals surface area contributed by atoms with Crippen molar-refractivity contribution in [3.05, 3.63) is 99.9 Å². The van der Waals surface area contributed by atoms with E-state index < -0.39 is 23.5 Å². The number of benzene rings is 3. The molecule has 1 N–H and O–H groups in total. The smallest absolute Gasteiger partial charge is 0.300 e. The number of aryl methyl sites for hydroxylation is 3. The molecular weight excluding hydrogens is 421 g/mol. The van der Waals surface area contributed by atoms with Crippen LogP contribution in [-0.4, -0.2) is 23.9 Å². The SMILES string of the molecule is COc1cc(C)c(/C(O)=C2\C(=O)C(=O)N(c3ccccc3C)C2c2ccc(F)cc2)cc1C. The molecule has 1 aliphatic rings. The van der Waals surface area contributed by atoms with Gasteiger partial charge in [0.15, 0.2) is 0 Å². The second-order valence-corrected chi connectivity index (χ2v) is 8.14. The van der Waals surface area contributed by atoms with Gasteiger partial charge in [-0.2, -0.15) is 0 Å². The van der Waals surface area contributed by atoms with Crippen LogP contribution in [0.2, 0.25) is 0 Å². The van der Waals surface area contributed by atoms with Gasteiger partial charge < -0.3 is 9.84 Å². The maximum Gasteiger partial charge on any atom is 0.300 e. The highest BCUT2D eigenvalue weighted by Crippen LogP contribution is 2.43. The number of Topliss-reactive ketones (excluding diaryl/α,β-unsaturated/α-hetero) is 1. The Labute approximate surface area is 191 Å². The van der Waals surface area contributed by atoms with Gasteiger partial charge in [0.1, 0.15) is 17.3 Å². The summed E-state index contributed by atoms with van der Waals surface area (Å²) in [4.78, 5) is 27.9. The molecule has 6 heteroatoms. The monoisotopic (exact) mass is 445 g/mol. The van der Waals surface area contributed by atoms with Crippen molar-refractivity contribution in [3.63, 3.8) is 0 Å². The number of amides is 1. The third-order valence-corrected chi connectivity index (χ3v) is 6.00. The fraction of sp³-hybridized carbons (Fsp3) is 0.185.